The van der Waals surface area contributed by atoms with E-state index in [1.54, 1.807) is 0 Å². The molecule has 0 aliphatic heterocycles. The van der Waals surface area contributed by atoms with Crippen LogP contribution in [0.2, 0.25) is 10.0 Å². The SMILES string of the molecule is Cc1cc2c(-c3ccc(Cl)cc3)n(N=Cc3ccc(N(c4ccccc4)c4ccccc4)cc3)c(-c3ccc(Cl)cc3)c2cc1C. The molecule has 0 bridgehead atoms. The van der Waals surface area contributed by atoms with Crippen LogP contribution >= 0.6 is 23.2 Å². The Kier molecular flexibility index (Phi) is 8.19. The number of nitrogens with zero attached hydrogens (tertiary/aromatic N) is 3. The Hall–Kier alpha value is -5.09. The van der Waals surface area contributed by atoms with Gasteiger partial charge in [0.05, 0.1) is 17.6 Å². The lowest BCUT2D eigenvalue weighted by Crippen LogP contribution is -2.09. The van der Waals surface area contributed by atoms with Gasteiger partial charge in [0.15, 0.2) is 0 Å². The molecule has 0 N–H and O–H groups in total. The van der Waals surface area contributed by atoms with Gasteiger partial charge in [0.1, 0.15) is 0 Å². The first-order valence-corrected chi connectivity index (χ1v) is 15.9. The summed E-state index contributed by atoms with van der Waals surface area (Å²) in [7, 11) is 0. The van der Waals surface area contributed by atoms with Crippen molar-refractivity contribution in [2.45, 2.75) is 13.8 Å². The van der Waals surface area contributed by atoms with E-state index in [-0.39, 0.29) is 0 Å². The lowest BCUT2D eigenvalue weighted by molar-refractivity contribution is 0.917. The molecule has 224 valence electrons. The highest BCUT2D eigenvalue weighted by molar-refractivity contribution is 6.31. The predicted octanol–water partition coefficient (Wildman–Crippen LogP) is 12.3. The highest BCUT2D eigenvalue weighted by atomic mass is 35.5. The summed E-state index contributed by atoms with van der Waals surface area (Å²) in [6.07, 6.45) is 1.93. The lowest BCUT2D eigenvalue weighted by atomic mass is 9.99. The Morgan fingerprint density at radius 1 is 0.522 bits per heavy atom. The summed E-state index contributed by atoms with van der Waals surface area (Å²) in [6, 6.07) is 49.8. The minimum absolute atomic E-state index is 0.694. The van der Waals surface area contributed by atoms with Crippen LogP contribution in [0.15, 0.2) is 151 Å². The fraction of sp³-hybridized carbons (Fsp3) is 0.0488. The van der Waals surface area contributed by atoms with E-state index in [9.17, 15) is 0 Å². The van der Waals surface area contributed by atoms with Gasteiger partial charge >= 0.3 is 0 Å². The van der Waals surface area contributed by atoms with Crippen LogP contribution in [0.25, 0.3) is 33.3 Å². The molecule has 1 heterocycles. The number of aromatic nitrogens is 1. The normalized spacial score (nSPS) is 11.4. The molecule has 3 nitrogen and oxygen atoms in total. The molecule has 0 spiro atoms. The van der Waals surface area contributed by atoms with Gasteiger partial charge in [-0.1, -0.05) is 96.0 Å². The van der Waals surface area contributed by atoms with Crippen molar-refractivity contribution in [3.63, 3.8) is 0 Å². The molecule has 0 aliphatic rings. The fourth-order valence-electron chi connectivity index (χ4n) is 5.87. The minimum atomic E-state index is 0.694. The molecule has 0 amide bonds. The Labute approximate surface area is 279 Å². The molecule has 0 saturated carbocycles. The number of aryl methyl sites for hydroxylation is 2. The molecule has 6 aromatic carbocycles. The van der Waals surface area contributed by atoms with Crippen LogP contribution in [0.1, 0.15) is 16.7 Å². The van der Waals surface area contributed by atoms with Crippen LogP contribution in [0.3, 0.4) is 0 Å². The van der Waals surface area contributed by atoms with Gasteiger partial charge in [-0.15, -0.1) is 0 Å². The highest BCUT2D eigenvalue weighted by Crippen LogP contribution is 2.41. The topological polar surface area (TPSA) is 20.5 Å². The molecule has 0 saturated heterocycles. The van der Waals surface area contributed by atoms with Gasteiger partial charge in [-0.05, 0) is 103 Å². The quantitative estimate of drug-likeness (QED) is 0.160. The summed E-state index contributed by atoms with van der Waals surface area (Å²) in [5, 5.41) is 8.82. The molecule has 5 heteroatoms. The smallest absolute Gasteiger partial charge is 0.0804 e. The van der Waals surface area contributed by atoms with Crippen LogP contribution in [0.4, 0.5) is 17.1 Å². The second-order valence-electron chi connectivity index (χ2n) is 11.3. The summed E-state index contributed by atoms with van der Waals surface area (Å²) >= 11 is 12.6. The summed E-state index contributed by atoms with van der Waals surface area (Å²) in [6.45, 7) is 4.30. The number of halogens is 2. The first kappa shape index (κ1) is 29.6. The number of hydrogen-bond donors (Lipinski definition) is 0. The third-order valence-electron chi connectivity index (χ3n) is 8.31. The second-order valence-corrected chi connectivity index (χ2v) is 12.2. The Morgan fingerprint density at radius 3 is 1.37 bits per heavy atom. The molecular weight excluding hydrogens is 605 g/mol. The zero-order chi connectivity index (χ0) is 31.6. The summed E-state index contributed by atoms with van der Waals surface area (Å²) in [4.78, 5) is 2.25. The Bertz CT molecular complexity index is 2020. The van der Waals surface area contributed by atoms with E-state index in [2.05, 4.69) is 133 Å². The molecule has 7 aromatic rings. The summed E-state index contributed by atoms with van der Waals surface area (Å²) in [5.41, 5.74) is 10.8. The van der Waals surface area contributed by atoms with Crippen LogP contribution < -0.4 is 4.90 Å². The van der Waals surface area contributed by atoms with E-state index in [0.717, 1.165) is 55.9 Å². The monoisotopic (exact) mass is 635 g/mol. The van der Waals surface area contributed by atoms with E-state index >= 15 is 0 Å². The van der Waals surface area contributed by atoms with Crippen LogP contribution in [0.5, 0.6) is 0 Å². The third-order valence-corrected chi connectivity index (χ3v) is 8.81. The van der Waals surface area contributed by atoms with E-state index < -0.39 is 0 Å². The van der Waals surface area contributed by atoms with Crippen molar-refractivity contribution in [1.29, 1.82) is 0 Å². The van der Waals surface area contributed by atoms with Crippen molar-refractivity contribution < 1.29 is 0 Å². The number of hydrogen-bond acceptors (Lipinski definition) is 2. The first-order valence-electron chi connectivity index (χ1n) is 15.2. The Morgan fingerprint density at radius 2 is 0.935 bits per heavy atom. The van der Waals surface area contributed by atoms with E-state index in [4.69, 9.17) is 28.3 Å². The molecular formula is C41H31Cl2N3. The minimum Gasteiger partial charge on any atom is -0.311 e. The molecule has 46 heavy (non-hydrogen) atoms. The predicted molar refractivity (Wildman–Crippen MR) is 196 cm³/mol. The van der Waals surface area contributed by atoms with Crippen LogP contribution in [-0.4, -0.2) is 10.9 Å². The number of para-hydroxylation sites is 2. The zero-order valence-electron chi connectivity index (χ0n) is 25.5. The molecule has 0 fully saturated rings. The molecule has 7 rings (SSSR count). The lowest BCUT2D eigenvalue weighted by Gasteiger charge is -2.25. The van der Waals surface area contributed by atoms with Crippen molar-refractivity contribution >= 4 is 57.3 Å². The summed E-state index contributed by atoms with van der Waals surface area (Å²) in [5.74, 6) is 0. The fourth-order valence-corrected chi connectivity index (χ4v) is 6.12. The zero-order valence-corrected chi connectivity index (χ0v) is 27.0. The van der Waals surface area contributed by atoms with Crippen molar-refractivity contribution in [2.24, 2.45) is 5.10 Å². The number of benzene rings is 6. The van der Waals surface area contributed by atoms with Gasteiger partial charge in [0.2, 0.25) is 0 Å². The van der Waals surface area contributed by atoms with Crippen molar-refractivity contribution in [1.82, 2.24) is 4.68 Å². The third kappa shape index (κ3) is 5.83. The van der Waals surface area contributed by atoms with Gasteiger partial charge in [0, 0.05) is 49.0 Å². The molecule has 0 atom stereocenters. The van der Waals surface area contributed by atoms with Crippen LogP contribution in [0, 0.1) is 13.8 Å². The van der Waals surface area contributed by atoms with E-state index in [0.29, 0.717) is 10.0 Å². The highest BCUT2D eigenvalue weighted by Gasteiger charge is 2.21. The van der Waals surface area contributed by atoms with E-state index in [1.807, 2.05) is 42.6 Å². The number of fused-ring (bicyclic) bond motifs is 1. The van der Waals surface area contributed by atoms with Crippen molar-refractivity contribution in [3.05, 3.63) is 172 Å². The van der Waals surface area contributed by atoms with Crippen molar-refractivity contribution in [3.8, 4) is 22.5 Å². The molecule has 0 radical (unpaired) electrons. The maximum Gasteiger partial charge on any atom is 0.0804 e. The number of anilines is 3. The molecule has 0 unspecified atom stereocenters. The van der Waals surface area contributed by atoms with Gasteiger partial charge in [-0.25, -0.2) is 4.68 Å². The standard InChI is InChI=1S/C41H31Cl2N3/c1-28-25-38-39(26-29(28)2)41(32-17-21-34(43)22-18-32)46(40(38)31-15-19-33(42)20-16-31)44-27-30-13-23-37(24-14-30)45(35-9-5-3-6-10-35)36-11-7-4-8-12-36/h3-27H,1-2H3. The largest absolute Gasteiger partial charge is 0.311 e. The summed E-state index contributed by atoms with van der Waals surface area (Å²) < 4.78 is 2.06. The maximum atomic E-state index is 6.32. The van der Waals surface area contributed by atoms with Gasteiger partial charge in [-0.3, -0.25) is 0 Å². The average Bonchev–Trinajstić information content (AvgIpc) is 3.39. The van der Waals surface area contributed by atoms with E-state index in [1.165, 1.54) is 11.1 Å². The maximum absolute atomic E-state index is 6.32. The first-order chi connectivity index (χ1) is 22.5. The van der Waals surface area contributed by atoms with Gasteiger partial charge < -0.3 is 4.90 Å². The molecule has 0 aliphatic carbocycles. The molecule has 1 aromatic heterocycles. The van der Waals surface area contributed by atoms with Gasteiger partial charge in [0.25, 0.3) is 0 Å². The number of rotatable bonds is 7. The van der Waals surface area contributed by atoms with Gasteiger partial charge in [-0.2, -0.15) is 5.10 Å². The average molecular weight is 637 g/mol. The van der Waals surface area contributed by atoms with Crippen LogP contribution in [-0.2, 0) is 0 Å². The Balaban J connectivity index is 1.37. The second kappa shape index (κ2) is 12.7. The van der Waals surface area contributed by atoms with Crippen molar-refractivity contribution in [2.75, 3.05) is 4.90 Å².